The molecule has 0 aromatic rings. The number of hydrogen-bond acceptors (Lipinski definition) is 0. The highest BCUT2D eigenvalue weighted by Gasteiger charge is 2.03. The molecule has 1 heteroatoms. The van der Waals surface area contributed by atoms with E-state index in [1.165, 1.54) is 0 Å². The van der Waals surface area contributed by atoms with E-state index >= 15 is 0 Å². The summed E-state index contributed by atoms with van der Waals surface area (Å²) in [4.78, 5) is 0. The summed E-state index contributed by atoms with van der Waals surface area (Å²) >= 11 is 5.65. The Morgan fingerprint density at radius 3 is 1.60 bits per heavy atom. The van der Waals surface area contributed by atoms with Gasteiger partial charge >= 0.3 is 0 Å². The van der Waals surface area contributed by atoms with Gasteiger partial charge < -0.3 is 0 Å². The minimum atomic E-state index is 0.525. The summed E-state index contributed by atoms with van der Waals surface area (Å²) in [5.74, 6) is 0.525. The molecule has 0 nitrogen and oxygen atoms in total. The molecule has 0 heterocycles. The van der Waals surface area contributed by atoms with Crippen molar-refractivity contribution in [1.29, 1.82) is 0 Å². The van der Waals surface area contributed by atoms with E-state index in [2.05, 4.69) is 20.4 Å². The molecule has 0 aliphatic carbocycles. The van der Waals surface area contributed by atoms with Crippen molar-refractivity contribution in [3.8, 4) is 0 Å². The Labute approximate surface area is 70.3 Å². The van der Waals surface area contributed by atoms with Crippen LogP contribution in [0.5, 0.6) is 0 Å². The van der Waals surface area contributed by atoms with Crippen LogP contribution in [0.3, 0.4) is 0 Å². The van der Waals surface area contributed by atoms with Crippen LogP contribution in [-0.4, -0.2) is 0 Å². The van der Waals surface area contributed by atoms with Crippen molar-refractivity contribution in [2.45, 2.75) is 40.5 Å². The van der Waals surface area contributed by atoms with E-state index in [1.54, 1.807) is 0 Å². The molecule has 62 valence electrons. The van der Waals surface area contributed by atoms with Crippen LogP contribution in [0.1, 0.15) is 40.5 Å². The highest BCUT2D eigenvalue weighted by molar-refractivity contribution is 6.29. The summed E-state index contributed by atoms with van der Waals surface area (Å²) in [6, 6.07) is 0. The number of allylic oxidation sites excluding steroid dienone is 1. The largest absolute Gasteiger partial charge is 0.0895 e. The summed E-state index contributed by atoms with van der Waals surface area (Å²) < 4.78 is 0. The molecule has 0 aliphatic heterocycles. The van der Waals surface area contributed by atoms with Crippen molar-refractivity contribution < 1.29 is 0 Å². The first-order chi connectivity index (χ1) is 4.72. The van der Waals surface area contributed by atoms with Crippen LogP contribution in [0.2, 0.25) is 0 Å². The monoisotopic (exact) mass is 162 g/mol. The number of hydrogen-bond donors (Lipinski definition) is 0. The molecule has 0 saturated heterocycles. The van der Waals surface area contributed by atoms with E-state index in [0.29, 0.717) is 5.92 Å². The fourth-order valence-electron chi connectivity index (χ4n) is 0.732. The molecule has 0 rings (SSSR count). The molecule has 0 bridgehead atoms. The highest BCUT2D eigenvalue weighted by atomic mass is 35.5. The normalized spacial score (nSPS) is 8.60. The van der Waals surface area contributed by atoms with Crippen LogP contribution < -0.4 is 0 Å². The van der Waals surface area contributed by atoms with Gasteiger partial charge in [-0.3, -0.25) is 0 Å². The molecule has 0 N–H and O–H groups in total. The van der Waals surface area contributed by atoms with Gasteiger partial charge in [0.15, 0.2) is 0 Å². The summed E-state index contributed by atoms with van der Waals surface area (Å²) in [7, 11) is 0. The van der Waals surface area contributed by atoms with E-state index in [-0.39, 0.29) is 0 Å². The molecular weight excluding hydrogens is 144 g/mol. The molecular formula is C9H19Cl. The minimum Gasteiger partial charge on any atom is -0.0895 e. The predicted octanol–water partition coefficient (Wildman–Crippen LogP) is 4.20. The first-order valence-corrected chi connectivity index (χ1v) is 4.44. The molecule has 0 aromatic heterocycles. The third kappa shape index (κ3) is 6.15. The van der Waals surface area contributed by atoms with E-state index in [0.717, 1.165) is 17.9 Å². The zero-order valence-corrected chi connectivity index (χ0v) is 8.33. The van der Waals surface area contributed by atoms with Crippen molar-refractivity contribution in [1.82, 2.24) is 0 Å². The zero-order valence-electron chi connectivity index (χ0n) is 7.58. The average molecular weight is 163 g/mol. The molecule has 0 spiro atoms. The maximum Gasteiger partial charge on any atom is 0.0140 e. The third-order valence-electron chi connectivity index (χ3n) is 1.43. The van der Waals surface area contributed by atoms with Crippen LogP contribution in [0.4, 0.5) is 0 Å². The third-order valence-corrected chi connectivity index (χ3v) is 1.74. The second kappa shape index (κ2) is 9.03. The standard InChI is InChI=1S/C7H13Cl.C2H6/c1-4-7(5-2)6(3)8;1-2/h7H,3-5H2,1-2H3;1-2H3. The Morgan fingerprint density at radius 1 is 1.30 bits per heavy atom. The first kappa shape index (κ1) is 12.7. The van der Waals surface area contributed by atoms with Gasteiger partial charge in [0.2, 0.25) is 0 Å². The Balaban J connectivity index is 0. The number of rotatable bonds is 3. The molecule has 0 unspecified atom stereocenters. The van der Waals surface area contributed by atoms with E-state index in [1.807, 2.05) is 13.8 Å². The van der Waals surface area contributed by atoms with Gasteiger partial charge in [0.05, 0.1) is 0 Å². The average Bonchev–Trinajstić information content (AvgIpc) is 1.94. The summed E-state index contributed by atoms with van der Waals surface area (Å²) in [5.41, 5.74) is 0. The summed E-state index contributed by atoms with van der Waals surface area (Å²) in [6.45, 7) is 11.9. The van der Waals surface area contributed by atoms with E-state index in [9.17, 15) is 0 Å². The van der Waals surface area contributed by atoms with Gasteiger partial charge in [-0.2, -0.15) is 0 Å². The van der Waals surface area contributed by atoms with Crippen molar-refractivity contribution in [2.75, 3.05) is 0 Å². The second-order valence-corrected chi connectivity index (χ2v) is 2.45. The molecule has 0 fully saturated rings. The lowest BCUT2D eigenvalue weighted by Crippen LogP contribution is -1.93. The zero-order chi connectivity index (χ0) is 8.57. The quantitative estimate of drug-likeness (QED) is 0.584. The summed E-state index contributed by atoms with van der Waals surface area (Å²) in [6.07, 6.45) is 2.22. The Bertz CT molecular complexity index is 72.8. The van der Waals surface area contributed by atoms with Gasteiger partial charge in [0.25, 0.3) is 0 Å². The van der Waals surface area contributed by atoms with Gasteiger partial charge in [0.1, 0.15) is 0 Å². The Morgan fingerprint density at radius 2 is 1.60 bits per heavy atom. The topological polar surface area (TPSA) is 0 Å². The SMILES string of the molecule is C=C(Cl)C(CC)CC.CC. The van der Waals surface area contributed by atoms with Crippen LogP contribution >= 0.6 is 11.6 Å². The van der Waals surface area contributed by atoms with Crippen molar-refractivity contribution >= 4 is 11.6 Å². The smallest absolute Gasteiger partial charge is 0.0140 e. The van der Waals surface area contributed by atoms with Gasteiger partial charge in [-0.25, -0.2) is 0 Å². The molecule has 0 saturated carbocycles. The van der Waals surface area contributed by atoms with Crippen molar-refractivity contribution in [3.05, 3.63) is 11.6 Å². The van der Waals surface area contributed by atoms with E-state index in [4.69, 9.17) is 11.6 Å². The van der Waals surface area contributed by atoms with E-state index < -0.39 is 0 Å². The van der Waals surface area contributed by atoms with Crippen LogP contribution in [0.15, 0.2) is 11.6 Å². The van der Waals surface area contributed by atoms with Crippen LogP contribution in [0.25, 0.3) is 0 Å². The fourth-order valence-corrected chi connectivity index (χ4v) is 1.04. The lowest BCUT2D eigenvalue weighted by atomic mass is 10.0. The van der Waals surface area contributed by atoms with Gasteiger partial charge in [0, 0.05) is 5.03 Å². The second-order valence-electron chi connectivity index (χ2n) is 1.96. The maximum atomic E-state index is 5.65. The van der Waals surface area contributed by atoms with Crippen molar-refractivity contribution in [3.63, 3.8) is 0 Å². The molecule has 0 aliphatic rings. The lowest BCUT2D eigenvalue weighted by molar-refractivity contribution is 0.597. The fraction of sp³-hybridized carbons (Fsp3) is 0.778. The highest BCUT2D eigenvalue weighted by Crippen LogP contribution is 2.19. The minimum absolute atomic E-state index is 0.525. The van der Waals surface area contributed by atoms with Crippen LogP contribution in [-0.2, 0) is 0 Å². The van der Waals surface area contributed by atoms with Crippen LogP contribution in [0, 0.1) is 5.92 Å². The molecule has 0 atom stereocenters. The molecule has 0 amide bonds. The van der Waals surface area contributed by atoms with Gasteiger partial charge in [-0.1, -0.05) is 45.9 Å². The predicted molar refractivity (Wildman–Crippen MR) is 50.4 cm³/mol. The van der Waals surface area contributed by atoms with Gasteiger partial charge in [-0.15, -0.1) is 0 Å². The maximum absolute atomic E-state index is 5.65. The first-order valence-electron chi connectivity index (χ1n) is 4.06. The Kier molecular flexibility index (Phi) is 11.5. The molecule has 0 aromatic carbocycles. The number of halogens is 1. The van der Waals surface area contributed by atoms with Gasteiger partial charge in [-0.05, 0) is 18.8 Å². The molecule has 0 radical (unpaired) electrons. The summed E-state index contributed by atoms with van der Waals surface area (Å²) in [5, 5.41) is 0.801. The van der Waals surface area contributed by atoms with Crippen molar-refractivity contribution in [2.24, 2.45) is 5.92 Å². The Hall–Kier alpha value is 0.0300. The lowest BCUT2D eigenvalue weighted by Gasteiger charge is -2.07. The molecule has 10 heavy (non-hydrogen) atoms.